The first-order valence-electron chi connectivity index (χ1n) is 8.15. The first kappa shape index (κ1) is 15.2. The number of hydrogen-bond acceptors (Lipinski definition) is 1. The fourth-order valence-corrected chi connectivity index (χ4v) is 3.25. The Bertz CT molecular complexity index is 1110. The smallest absolute Gasteiger partial charge is 0.336 e. The molecule has 2 heteroatoms. The summed E-state index contributed by atoms with van der Waals surface area (Å²) in [6.07, 6.45) is 1.77. The van der Waals surface area contributed by atoms with Crippen molar-refractivity contribution < 1.29 is 9.90 Å². The maximum Gasteiger partial charge on any atom is 0.336 e. The molecule has 0 amide bonds. The van der Waals surface area contributed by atoms with Crippen molar-refractivity contribution in [3.63, 3.8) is 0 Å². The molecule has 0 bridgehead atoms. The molecule has 4 aromatic rings. The van der Waals surface area contributed by atoms with E-state index in [-0.39, 0.29) is 0 Å². The summed E-state index contributed by atoms with van der Waals surface area (Å²) in [6.45, 7) is 0. The number of rotatable bonds is 3. The third-order valence-corrected chi connectivity index (χ3v) is 4.43. The van der Waals surface area contributed by atoms with Crippen molar-refractivity contribution in [1.82, 2.24) is 0 Å². The molecular formula is C23H16O2. The number of fused-ring (bicyclic) bond motifs is 2. The number of aliphatic carboxylic acids is 1. The van der Waals surface area contributed by atoms with Gasteiger partial charge in [-0.2, -0.15) is 0 Å². The summed E-state index contributed by atoms with van der Waals surface area (Å²) in [5, 5.41) is 14.0. The third-order valence-electron chi connectivity index (χ3n) is 4.43. The Balaban J connectivity index is 1.98. The Morgan fingerprint density at radius 1 is 0.680 bits per heavy atom. The zero-order valence-corrected chi connectivity index (χ0v) is 13.5. The molecule has 1 N–H and O–H groups in total. The molecule has 0 atom stereocenters. The van der Waals surface area contributed by atoms with Gasteiger partial charge in [-0.15, -0.1) is 0 Å². The van der Waals surface area contributed by atoms with E-state index in [4.69, 9.17) is 0 Å². The van der Waals surface area contributed by atoms with Gasteiger partial charge in [0, 0.05) is 0 Å². The van der Waals surface area contributed by atoms with Crippen molar-refractivity contribution in [3.05, 3.63) is 96.1 Å². The van der Waals surface area contributed by atoms with E-state index in [1.807, 2.05) is 84.9 Å². The van der Waals surface area contributed by atoms with Crippen molar-refractivity contribution in [2.75, 3.05) is 0 Å². The van der Waals surface area contributed by atoms with Crippen LogP contribution in [0.2, 0.25) is 0 Å². The molecule has 25 heavy (non-hydrogen) atoms. The standard InChI is InChI=1S/C23H16O2/c24-23(25)22(21-14-6-10-17-8-2-4-13-20(17)21)15-18-11-5-9-16-7-1-3-12-19(16)18/h1-15H,(H,24,25)/b22-15-. The summed E-state index contributed by atoms with van der Waals surface area (Å²) < 4.78 is 0. The molecule has 0 radical (unpaired) electrons. The summed E-state index contributed by atoms with van der Waals surface area (Å²) >= 11 is 0. The number of hydrogen-bond donors (Lipinski definition) is 1. The van der Waals surface area contributed by atoms with E-state index in [9.17, 15) is 9.90 Å². The molecule has 0 heterocycles. The maximum absolute atomic E-state index is 12.0. The second-order valence-corrected chi connectivity index (χ2v) is 5.96. The second-order valence-electron chi connectivity index (χ2n) is 5.96. The Hall–Kier alpha value is -3.39. The van der Waals surface area contributed by atoms with Crippen molar-refractivity contribution in [2.24, 2.45) is 0 Å². The topological polar surface area (TPSA) is 37.3 Å². The predicted molar refractivity (Wildman–Crippen MR) is 103 cm³/mol. The normalized spacial score (nSPS) is 11.8. The highest BCUT2D eigenvalue weighted by molar-refractivity contribution is 6.24. The molecule has 0 aliphatic carbocycles. The van der Waals surface area contributed by atoms with Crippen LogP contribution in [0.3, 0.4) is 0 Å². The highest BCUT2D eigenvalue weighted by atomic mass is 16.4. The highest BCUT2D eigenvalue weighted by Gasteiger charge is 2.14. The van der Waals surface area contributed by atoms with E-state index < -0.39 is 5.97 Å². The van der Waals surface area contributed by atoms with Crippen molar-refractivity contribution in [3.8, 4) is 0 Å². The van der Waals surface area contributed by atoms with Gasteiger partial charge in [0.05, 0.1) is 5.57 Å². The van der Waals surface area contributed by atoms with Gasteiger partial charge in [0.25, 0.3) is 0 Å². The second kappa shape index (κ2) is 6.25. The van der Waals surface area contributed by atoms with Crippen LogP contribution in [0.25, 0.3) is 33.2 Å². The van der Waals surface area contributed by atoms with Gasteiger partial charge in [-0.3, -0.25) is 0 Å². The van der Waals surface area contributed by atoms with E-state index in [0.717, 1.165) is 32.7 Å². The molecule has 0 unspecified atom stereocenters. The maximum atomic E-state index is 12.0. The van der Waals surface area contributed by atoms with Gasteiger partial charge < -0.3 is 5.11 Å². The molecule has 2 nitrogen and oxygen atoms in total. The molecule has 0 aromatic heterocycles. The summed E-state index contributed by atoms with van der Waals surface area (Å²) in [5.41, 5.74) is 1.94. The summed E-state index contributed by atoms with van der Waals surface area (Å²) in [7, 11) is 0. The van der Waals surface area contributed by atoms with Gasteiger partial charge in [-0.05, 0) is 38.7 Å². The summed E-state index contributed by atoms with van der Waals surface area (Å²) in [6, 6.07) is 27.6. The Kier molecular flexibility index (Phi) is 3.79. The number of carboxylic acids is 1. The summed E-state index contributed by atoms with van der Waals surface area (Å²) in [4.78, 5) is 12.0. The molecule has 0 spiro atoms. The first-order chi connectivity index (χ1) is 12.2. The molecular weight excluding hydrogens is 308 g/mol. The Morgan fingerprint density at radius 2 is 1.24 bits per heavy atom. The zero-order chi connectivity index (χ0) is 17.2. The van der Waals surface area contributed by atoms with Crippen LogP contribution in [-0.4, -0.2) is 11.1 Å². The van der Waals surface area contributed by atoms with Crippen LogP contribution in [0.15, 0.2) is 84.9 Å². The zero-order valence-electron chi connectivity index (χ0n) is 13.5. The molecule has 120 valence electrons. The van der Waals surface area contributed by atoms with Gasteiger partial charge in [0.2, 0.25) is 0 Å². The number of benzene rings is 4. The lowest BCUT2D eigenvalue weighted by Crippen LogP contribution is -2.00. The van der Waals surface area contributed by atoms with Gasteiger partial charge in [0.1, 0.15) is 0 Å². The SMILES string of the molecule is O=C(O)/C(=C\c1cccc2ccccc12)c1cccc2ccccc12. The van der Waals surface area contributed by atoms with Crippen LogP contribution in [0.4, 0.5) is 0 Å². The van der Waals surface area contributed by atoms with E-state index >= 15 is 0 Å². The predicted octanol–water partition coefficient (Wildman–Crippen LogP) is 5.62. The van der Waals surface area contributed by atoms with Gasteiger partial charge in [-0.25, -0.2) is 4.79 Å². The quantitative estimate of drug-likeness (QED) is 0.392. The molecule has 0 saturated heterocycles. The van der Waals surface area contributed by atoms with Crippen LogP contribution >= 0.6 is 0 Å². The van der Waals surface area contributed by atoms with Crippen LogP contribution in [0, 0.1) is 0 Å². The Labute approximate surface area is 145 Å². The highest BCUT2D eigenvalue weighted by Crippen LogP contribution is 2.29. The van der Waals surface area contributed by atoms with E-state index in [2.05, 4.69) is 0 Å². The van der Waals surface area contributed by atoms with Crippen LogP contribution < -0.4 is 0 Å². The van der Waals surface area contributed by atoms with Crippen molar-refractivity contribution in [1.29, 1.82) is 0 Å². The lowest BCUT2D eigenvalue weighted by Gasteiger charge is -2.09. The molecule has 0 fully saturated rings. The lowest BCUT2D eigenvalue weighted by molar-refractivity contribution is -0.130. The largest absolute Gasteiger partial charge is 0.478 e. The van der Waals surface area contributed by atoms with E-state index in [1.165, 1.54) is 0 Å². The minimum atomic E-state index is -0.927. The van der Waals surface area contributed by atoms with E-state index in [0.29, 0.717) is 5.57 Å². The summed E-state index contributed by atoms with van der Waals surface area (Å²) in [5.74, 6) is -0.927. The first-order valence-corrected chi connectivity index (χ1v) is 8.15. The van der Waals surface area contributed by atoms with Gasteiger partial charge in [0.15, 0.2) is 0 Å². The molecule has 0 saturated carbocycles. The molecule has 4 rings (SSSR count). The average Bonchev–Trinajstić information content (AvgIpc) is 2.65. The van der Waals surface area contributed by atoms with Crippen LogP contribution in [0.1, 0.15) is 11.1 Å². The minimum absolute atomic E-state index is 0.299. The van der Waals surface area contributed by atoms with Gasteiger partial charge in [-0.1, -0.05) is 84.9 Å². The lowest BCUT2D eigenvalue weighted by atomic mass is 9.95. The fourth-order valence-electron chi connectivity index (χ4n) is 3.25. The molecule has 0 aliphatic rings. The fraction of sp³-hybridized carbons (Fsp3) is 0. The number of carboxylic acid groups (broad SMARTS) is 1. The Morgan fingerprint density at radius 3 is 1.96 bits per heavy atom. The van der Waals surface area contributed by atoms with Crippen LogP contribution in [-0.2, 0) is 4.79 Å². The van der Waals surface area contributed by atoms with Crippen molar-refractivity contribution in [2.45, 2.75) is 0 Å². The van der Waals surface area contributed by atoms with Gasteiger partial charge >= 0.3 is 5.97 Å². The monoisotopic (exact) mass is 324 g/mol. The molecule has 0 aliphatic heterocycles. The number of carbonyl (C=O) groups is 1. The minimum Gasteiger partial charge on any atom is -0.478 e. The third kappa shape index (κ3) is 2.79. The van der Waals surface area contributed by atoms with E-state index in [1.54, 1.807) is 6.08 Å². The molecule has 4 aromatic carbocycles. The van der Waals surface area contributed by atoms with Crippen LogP contribution in [0.5, 0.6) is 0 Å². The van der Waals surface area contributed by atoms with Crippen molar-refractivity contribution >= 4 is 39.2 Å². The average molecular weight is 324 g/mol.